The SMILES string of the molecule is CCCCCCNc1cnn(CCOCCO)c1. The van der Waals surface area contributed by atoms with E-state index in [1.807, 2.05) is 17.1 Å². The first kappa shape index (κ1) is 15.0. The van der Waals surface area contributed by atoms with E-state index in [0.717, 1.165) is 18.8 Å². The third-order valence-corrected chi connectivity index (χ3v) is 2.69. The van der Waals surface area contributed by atoms with Crippen LogP contribution in [0.15, 0.2) is 12.4 Å². The molecule has 0 saturated carbocycles. The maximum atomic E-state index is 8.57. The Bertz CT molecular complexity index is 302. The van der Waals surface area contributed by atoms with Gasteiger partial charge in [-0.05, 0) is 6.42 Å². The van der Waals surface area contributed by atoms with Gasteiger partial charge in [-0.1, -0.05) is 26.2 Å². The molecule has 104 valence electrons. The Morgan fingerprint density at radius 2 is 2.22 bits per heavy atom. The van der Waals surface area contributed by atoms with Crippen molar-refractivity contribution in [3.05, 3.63) is 12.4 Å². The summed E-state index contributed by atoms with van der Waals surface area (Å²) in [7, 11) is 0. The minimum absolute atomic E-state index is 0.0731. The predicted molar refractivity (Wildman–Crippen MR) is 72.8 cm³/mol. The molecule has 1 rings (SSSR count). The largest absolute Gasteiger partial charge is 0.394 e. The molecule has 5 heteroatoms. The molecule has 0 bridgehead atoms. The lowest BCUT2D eigenvalue weighted by Gasteiger charge is -2.03. The third kappa shape index (κ3) is 6.61. The molecule has 0 aliphatic heterocycles. The van der Waals surface area contributed by atoms with E-state index in [9.17, 15) is 0 Å². The molecule has 0 aromatic carbocycles. The number of hydrogen-bond acceptors (Lipinski definition) is 4. The molecule has 2 N–H and O–H groups in total. The number of aromatic nitrogens is 2. The summed E-state index contributed by atoms with van der Waals surface area (Å²) in [5.41, 5.74) is 1.06. The average Bonchev–Trinajstić information content (AvgIpc) is 2.82. The fourth-order valence-electron chi connectivity index (χ4n) is 1.69. The highest BCUT2D eigenvalue weighted by Gasteiger charge is 1.97. The summed E-state index contributed by atoms with van der Waals surface area (Å²) in [4.78, 5) is 0. The molecule has 0 amide bonds. The number of rotatable bonds is 11. The van der Waals surface area contributed by atoms with Crippen molar-refractivity contribution in [2.75, 3.05) is 31.7 Å². The lowest BCUT2D eigenvalue weighted by atomic mass is 10.2. The van der Waals surface area contributed by atoms with E-state index in [1.165, 1.54) is 25.7 Å². The molecule has 0 spiro atoms. The lowest BCUT2D eigenvalue weighted by Crippen LogP contribution is -2.08. The number of aliphatic hydroxyl groups excluding tert-OH is 1. The summed E-state index contributed by atoms with van der Waals surface area (Å²) in [6.07, 6.45) is 8.90. The highest BCUT2D eigenvalue weighted by atomic mass is 16.5. The van der Waals surface area contributed by atoms with Crippen molar-refractivity contribution in [3.63, 3.8) is 0 Å². The standard InChI is InChI=1S/C13H25N3O2/c1-2-3-4-5-6-14-13-11-15-16(12-13)7-9-18-10-8-17/h11-12,14,17H,2-10H2,1H3. The molecule has 1 aromatic rings. The van der Waals surface area contributed by atoms with Crippen LogP contribution in [0, 0.1) is 0 Å². The van der Waals surface area contributed by atoms with Gasteiger partial charge in [0.15, 0.2) is 0 Å². The number of hydrogen-bond donors (Lipinski definition) is 2. The van der Waals surface area contributed by atoms with E-state index in [2.05, 4.69) is 17.3 Å². The van der Waals surface area contributed by atoms with Crippen molar-refractivity contribution in [2.45, 2.75) is 39.2 Å². The second-order valence-corrected chi connectivity index (χ2v) is 4.32. The highest BCUT2D eigenvalue weighted by molar-refractivity contribution is 5.37. The Balaban J connectivity index is 2.10. The van der Waals surface area contributed by atoms with Gasteiger partial charge in [-0.25, -0.2) is 0 Å². The first-order valence-corrected chi connectivity index (χ1v) is 6.81. The molecule has 0 aliphatic rings. The number of nitrogens with zero attached hydrogens (tertiary/aromatic N) is 2. The number of unbranched alkanes of at least 4 members (excludes halogenated alkanes) is 3. The van der Waals surface area contributed by atoms with E-state index >= 15 is 0 Å². The van der Waals surface area contributed by atoms with Gasteiger partial charge in [0.05, 0.1) is 38.2 Å². The Morgan fingerprint density at radius 3 is 3.00 bits per heavy atom. The van der Waals surface area contributed by atoms with E-state index in [-0.39, 0.29) is 6.61 Å². The fourth-order valence-corrected chi connectivity index (χ4v) is 1.69. The summed E-state index contributed by atoms with van der Waals surface area (Å²) in [5.74, 6) is 0. The van der Waals surface area contributed by atoms with Crippen LogP contribution in [0.25, 0.3) is 0 Å². The van der Waals surface area contributed by atoms with Gasteiger partial charge in [-0.2, -0.15) is 5.10 Å². The summed E-state index contributed by atoms with van der Waals surface area (Å²) >= 11 is 0. The molecule has 0 radical (unpaired) electrons. The minimum atomic E-state index is 0.0731. The van der Waals surface area contributed by atoms with Gasteiger partial charge in [0.1, 0.15) is 0 Å². The second kappa shape index (κ2) is 9.91. The Kier molecular flexibility index (Phi) is 8.25. The third-order valence-electron chi connectivity index (χ3n) is 2.69. The Morgan fingerprint density at radius 1 is 1.33 bits per heavy atom. The van der Waals surface area contributed by atoms with Crippen molar-refractivity contribution in [1.29, 1.82) is 0 Å². The van der Waals surface area contributed by atoms with Crippen LogP contribution < -0.4 is 5.32 Å². The van der Waals surface area contributed by atoms with Crippen LogP contribution in [0.2, 0.25) is 0 Å². The number of ether oxygens (including phenoxy) is 1. The van der Waals surface area contributed by atoms with E-state index in [0.29, 0.717) is 13.2 Å². The van der Waals surface area contributed by atoms with Crippen LogP contribution in [0.5, 0.6) is 0 Å². The zero-order valence-corrected chi connectivity index (χ0v) is 11.3. The van der Waals surface area contributed by atoms with E-state index in [4.69, 9.17) is 9.84 Å². The molecule has 0 saturated heterocycles. The van der Waals surface area contributed by atoms with Crippen molar-refractivity contribution < 1.29 is 9.84 Å². The maximum absolute atomic E-state index is 8.57. The minimum Gasteiger partial charge on any atom is -0.394 e. The molecule has 0 atom stereocenters. The maximum Gasteiger partial charge on any atom is 0.0726 e. The number of anilines is 1. The first-order chi connectivity index (χ1) is 8.86. The normalized spacial score (nSPS) is 10.8. The molecular weight excluding hydrogens is 230 g/mol. The summed E-state index contributed by atoms with van der Waals surface area (Å²) < 4.78 is 7.04. The summed E-state index contributed by atoms with van der Waals surface area (Å²) in [5, 5.41) is 16.2. The molecular formula is C13H25N3O2. The summed E-state index contributed by atoms with van der Waals surface area (Å²) in [6.45, 7) is 4.99. The zero-order chi connectivity index (χ0) is 13.1. The Hall–Kier alpha value is -1.07. The average molecular weight is 255 g/mol. The topological polar surface area (TPSA) is 59.3 Å². The lowest BCUT2D eigenvalue weighted by molar-refractivity contribution is 0.0854. The highest BCUT2D eigenvalue weighted by Crippen LogP contribution is 2.06. The molecule has 0 unspecified atom stereocenters. The van der Waals surface area contributed by atoms with Crippen LogP contribution in [0.1, 0.15) is 32.6 Å². The summed E-state index contributed by atoms with van der Waals surface area (Å²) in [6, 6.07) is 0. The van der Waals surface area contributed by atoms with Crippen molar-refractivity contribution in [1.82, 2.24) is 9.78 Å². The van der Waals surface area contributed by atoms with Crippen molar-refractivity contribution >= 4 is 5.69 Å². The quantitative estimate of drug-likeness (QED) is 0.593. The molecule has 0 fully saturated rings. The van der Waals surface area contributed by atoms with Gasteiger partial charge in [0, 0.05) is 12.7 Å². The van der Waals surface area contributed by atoms with Crippen LogP contribution in [0.4, 0.5) is 5.69 Å². The van der Waals surface area contributed by atoms with Gasteiger partial charge in [-0.3, -0.25) is 4.68 Å². The number of aliphatic hydroxyl groups is 1. The van der Waals surface area contributed by atoms with Gasteiger partial charge in [-0.15, -0.1) is 0 Å². The van der Waals surface area contributed by atoms with Crippen LogP contribution in [0.3, 0.4) is 0 Å². The molecule has 0 aliphatic carbocycles. The van der Waals surface area contributed by atoms with E-state index in [1.54, 1.807) is 0 Å². The smallest absolute Gasteiger partial charge is 0.0726 e. The van der Waals surface area contributed by atoms with Gasteiger partial charge < -0.3 is 15.2 Å². The molecule has 1 heterocycles. The van der Waals surface area contributed by atoms with E-state index < -0.39 is 0 Å². The second-order valence-electron chi connectivity index (χ2n) is 4.32. The number of nitrogens with one attached hydrogen (secondary N) is 1. The van der Waals surface area contributed by atoms with Crippen molar-refractivity contribution in [2.24, 2.45) is 0 Å². The predicted octanol–water partition coefficient (Wildman–Crippen LogP) is 1.88. The first-order valence-electron chi connectivity index (χ1n) is 6.81. The van der Waals surface area contributed by atoms with Crippen LogP contribution >= 0.6 is 0 Å². The molecule has 5 nitrogen and oxygen atoms in total. The van der Waals surface area contributed by atoms with Gasteiger partial charge >= 0.3 is 0 Å². The zero-order valence-electron chi connectivity index (χ0n) is 11.3. The monoisotopic (exact) mass is 255 g/mol. The van der Waals surface area contributed by atoms with Crippen molar-refractivity contribution in [3.8, 4) is 0 Å². The van der Waals surface area contributed by atoms with Gasteiger partial charge in [0.2, 0.25) is 0 Å². The van der Waals surface area contributed by atoms with Crippen LogP contribution in [-0.4, -0.2) is 41.3 Å². The fraction of sp³-hybridized carbons (Fsp3) is 0.769. The molecule has 18 heavy (non-hydrogen) atoms. The van der Waals surface area contributed by atoms with Gasteiger partial charge in [0.25, 0.3) is 0 Å². The molecule has 1 aromatic heterocycles. The van der Waals surface area contributed by atoms with Crippen LogP contribution in [-0.2, 0) is 11.3 Å². The Labute approximate surface area is 109 Å².